The summed E-state index contributed by atoms with van der Waals surface area (Å²) in [7, 11) is 0. The Morgan fingerprint density at radius 1 is 1.08 bits per heavy atom. The van der Waals surface area contributed by atoms with E-state index < -0.39 is 0 Å². The lowest BCUT2D eigenvalue weighted by Gasteiger charge is -2.05. The maximum absolute atomic E-state index is 12.0. The highest BCUT2D eigenvalue weighted by Crippen LogP contribution is 2.26. The third-order valence-electron chi connectivity index (χ3n) is 3.38. The molecule has 5 nitrogen and oxygen atoms in total. The molecule has 0 aliphatic rings. The molecule has 2 aromatic carbocycles. The molecule has 134 valence electrons. The highest BCUT2D eigenvalue weighted by Gasteiger charge is 2.10. The Kier molecular flexibility index (Phi) is 6.13. The van der Waals surface area contributed by atoms with Crippen molar-refractivity contribution in [1.82, 2.24) is 4.98 Å². The maximum Gasteiger partial charge on any atom is 0.236 e. The van der Waals surface area contributed by atoms with Gasteiger partial charge in [0.15, 0.2) is 5.13 Å². The number of rotatable bonds is 6. The van der Waals surface area contributed by atoms with Crippen LogP contribution in [-0.4, -0.2) is 28.3 Å². The largest absolute Gasteiger partial charge is 0.325 e. The molecule has 1 aromatic heterocycles. The summed E-state index contributed by atoms with van der Waals surface area (Å²) in [6.07, 6.45) is 0. The molecule has 0 bridgehead atoms. The van der Waals surface area contributed by atoms with Crippen LogP contribution in [0.5, 0.6) is 0 Å². The van der Waals surface area contributed by atoms with Gasteiger partial charge in [-0.2, -0.15) is 0 Å². The fourth-order valence-electron chi connectivity index (χ4n) is 2.21. The number of hydrogen-bond acceptors (Lipinski definition) is 5. The lowest BCUT2D eigenvalue weighted by Crippen LogP contribution is -2.18. The molecule has 3 rings (SSSR count). The number of thiazole rings is 1. The zero-order chi connectivity index (χ0) is 18.5. The zero-order valence-electron chi connectivity index (χ0n) is 13.9. The number of carbonyl (C=O) groups is 2. The Balaban J connectivity index is 1.44. The molecule has 0 spiro atoms. The van der Waals surface area contributed by atoms with Gasteiger partial charge in [-0.3, -0.25) is 9.59 Å². The maximum atomic E-state index is 12.0. The van der Waals surface area contributed by atoms with E-state index in [1.807, 2.05) is 25.1 Å². The molecule has 0 unspecified atom stereocenters. The predicted octanol–water partition coefficient (Wildman–Crippen LogP) is 4.57. The molecule has 0 aliphatic heterocycles. The van der Waals surface area contributed by atoms with Gasteiger partial charge in [0.05, 0.1) is 21.7 Å². The van der Waals surface area contributed by atoms with E-state index in [-0.39, 0.29) is 23.3 Å². The van der Waals surface area contributed by atoms with Crippen molar-refractivity contribution in [2.75, 3.05) is 22.1 Å². The summed E-state index contributed by atoms with van der Waals surface area (Å²) >= 11 is 8.48. The van der Waals surface area contributed by atoms with Crippen molar-refractivity contribution in [3.63, 3.8) is 0 Å². The van der Waals surface area contributed by atoms with Crippen LogP contribution in [0.4, 0.5) is 10.8 Å². The second kappa shape index (κ2) is 8.53. The highest BCUT2D eigenvalue weighted by atomic mass is 35.5. The summed E-state index contributed by atoms with van der Waals surface area (Å²) in [4.78, 5) is 28.3. The van der Waals surface area contributed by atoms with Crippen molar-refractivity contribution in [3.8, 4) is 0 Å². The second-order valence-corrected chi connectivity index (χ2v) is 8.04. The molecule has 0 aliphatic carbocycles. The normalized spacial score (nSPS) is 10.7. The average molecular weight is 406 g/mol. The molecule has 0 atom stereocenters. The van der Waals surface area contributed by atoms with Crippen molar-refractivity contribution in [2.45, 2.75) is 6.92 Å². The van der Waals surface area contributed by atoms with E-state index in [2.05, 4.69) is 15.6 Å². The van der Waals surface area contributed by atoms with Crippen molar-refractivity contribution in [2.24, 2.45) is 0 Å². The van der Waals surface area contributed by atoms with Crippen molar-refractivity contribution in [3.05, 3.63) is 53.1 Å². The molecule has 0 fully saturated rings. The third-order valence-corrected chi connectivity index (χ3v) is 5.52. The first-order valence-corrected chi connectivity index (χ1v) is 10.1. The molecule has 3 aromatic rings. The summed E-state index contributed by atoms with van der Waals surface area (Å²) in [6.45, 7) is 2.00. The summed E-state index contributed by atoms with van der Waals surface area (Å²) in [5, 5.41) is 6.72. The van der Waals surface area contributed by atoms with E-state index in [4.69, 9.17) is 11.6 Å². The number of benzene rings is 2. The fraction of sp³-hybridized carbons (Fsp3) is 0.167. The van der Waals surface area contributed by atoms with Gasteiger partial charge in [-0.1, -0.05) is 29.0 Å². The number of carbonyl (C=O) groups excluding carboxylic acids is 2. The fourth-order valence-corrected chi connectivity index (χ4v) is 3.82. The minimum absolute atomic E-state index is 0.166. The number of amides is 2. The highest BCUT2D eigenvalue weighted by molar-refractivity contribution is 8.00. The van der Waals surface area contributed by atoms with Crippen LogP contribution in [0.2, 0.25) is 5.02 Å². The van der Waals surface area contributed by atoms with Crippen molar-refractivity contribution in [1.29, 1.82) is 0 Å². The Bertz CT molecular complexity index is 941. The zero-order valence-corrected chi connectivity index (χ0v) is 16.3. The summed E-state index contributed by atoms with van der Waals surface area (Å²) < 4.78 is 1.03. The number of halogens is 1. The van der Waals surface area contributed by atoms with Crippen LogP contribution in [0.1, 0.15) is 5.56 Å². The number of fused-ring (bicyclic) bond motifs is 1. The van der Waals surface area contributed by atoms with Gasteiger partial charge in [-0.15, -0.1) is 11.8 Å². The number of anilines is 2. The van der Waals surface area contributed by atoms with Crippen LogP contribution < -0.4 is 10.6 Å². The smallest absolute Gasteiger partial charge is 0.236 e. The Labute approximate surface area is 164 Å². The van der Waals surface area contributed by atoms with E-state index >= 15 is 0 Å². The number of thioether (sulfide) groups is 1. The first-order valence-electron chi connectivity index (χ1n) is 7.80. The van der Waals surface area contributed by atoms with Crippen LogP contribution in [-0.2, 0) is 9.59 Å². The minimum Gasteiger partial charge on any atom is -0.325 e. The van der Waals surface area contributed by atoms with Gasteiger partial charge >= 0.3 is 0 Å². The van der Waals surface area contributed by atoms with Gasteiger partial charge < -0.3 is 10.6 Å². The molecular weight excluding hydrogens is 390 g/mol. The van der Waals surface area contributed by atoms with E-state index in [1.165, 1.54) is 23.1 Å². The topological polar surface area (TPSA) is 71.1 Å². The number of hydrogen-bond donors (Lipinski definition) is 2. The van der Waals surface area contributed by atoms with Gasteiger partial charge in [0.1, 0.15) is 0 Å². The minimum atomic E-state index is -0.176. The van der Waals surface area contributed by atoms with Crippen LogP contribution in [0.25, 0.3) is 10.2 Å². The quantitative estimate of drug-likeness (QED) is 0.630. The van der Waals surface area contributed by atoms with Gasteiger partial charge in [0, 0.05) is 10.7 Å². The van der Waals surface area contributed by atoms with Crippen molar-refractivity contribution >= 4 is 67.5 Å². The van der Waals surface area contributed by atoms with E-state index in [1.54, 1.807) is 24.3 Å². The first-order chi connectivity index (χ1) is 12.5. The van der Waals surface area contributed by atoms with E-state index in [0.717, 1.165) is 15.8 Å². The molecular formula is C18H16ClN3O2S2. The Morgan fingerprint density at radius 2 is 1.77 bits per heavy atom. The van der Waals surface area contributed by atoms with E-state index in [0.29, 0.717) is 15.8 Å². The molecule has 0 saturated carbocycles. The van der Waals surface area contributed by atoms with Gasteiger partial charge in [0.25, 0.3) is 0 Å². The first kappa shape index (κ1) is 18.7. The van der Waals surface area contributed by atoms with Crippen LogP contribution in [0, 0.1) is 6.92 Å². The summed E-state index contributed by atoms with van der Waals surface area (Å²) in [5.74, 6) is 0.0311. The Hall–Kier alpha value is -2.09. The number of aryl methyl sites for hydroxylation is 1. The van der Waals surface area contributed by atoms with Crippen molar-refractivity contribution < 1.29 is 9.59 Å². The van der Waals surface area contributed by atoms with E-state index in [9.17, 15) is 9.59 Å². The summed E-state index contributed by atoms with van der Waals surface area (Å²) in [5.41, 5.74) is 2.68. The molecule has 2 amide bonds. The molecule has 8 heteroatoms. The Morgan fingerprint density at radius 3 is 2.50 bits per heavy atom. The third kappa shape index (κ3) is 5.20. The summed E-state index contributed by atoms with van der Waals surface area (Å²) in [6, 6.07) is 12.9. The molecule has 2 N–H and O–H groups in total. The second-order valence-electron chi connectivity index (χ2n) is 5.59. The van der Waals surface area contributed by atoms with Gasteiger partial charge in [-0.05, 0) is 48.9 Å². The lowest BCUT2D eigenvalue weighted by molar-refractivity contribution is -0.114. The molecule has 0 radical (unpaired) electrons. The lowest BCUT2D eigenvalue weighted by atomic mass is 10.2. The molecule has 26 heavy (non-hydrogen) atoms. The van der Waals surface area contributed by atoms with Gasteiger partial charge in [-0.25, -0.2) is 4.98 Å². The number of nitrogens with one attached hydrogen (secondary N) is 2. The average Bonchev–Trinajstić information content (AvgIpc) is 2.98. The number of nitrogens with zero attached hydrogens (tertiary/aromatic N) is 1. The molecule has 0 saturated heterocycles. The predicted molar refractivity (Wildman–Crippen MR) is 110 cm³/mol. The van der Waals surface area contributed by atoms with Crippen LogP contribution in [0.15, 0.2) is 42.5 Å². The standard InChI is InChI=1S/C18H16ClN3O2S2/c1-11-2-7-15-14(8-11)21-18(26-15)22-17(24)10-25-9-16(23)20-13-5-3-12(19)4-6-13/h2-8H,9-10H2,1H3,(H,20,23)(H,21,22,24). The monoisotopic (exact) mass is 405 g/mol. The van der Waals surface area contributed by atoms with Crippen LogP contribution >= 0.6 is 34.7 Å². The SMILES string of the molecule is Cc1ccc2sc(NC(=O)CSCC(=O)Nc3ccc(Cl)cc3)nc2c1. The van der Waals surface area contributed by atoms with Crippen LogP contribution in [0.3, 0.4) is 0 Å². The molecule has 1 heterocycles. The van der Waals surface area contributed by atoms with Gasteiger partial charge in [0.2, 0.25) is 11.8 Å². The number of aromatic nitrogens is 1.